The fourth-order valence-electron chi connectivity index (χ4n) is 2.70. The van der Waals surface area contributed by atoms with E-state index in [2.05, 4.69) is 25.2 Å². The van der Waals surface area contributed by atoms with Gasteiger partial charge in [-0.25, -0.2) is 15.0 Å². The molecular weight excluding hydrogens is 343 g/mol. The summed E-state index contributed by atoms with van der Waals surface area (Å²) in [5, 5.41) is 3.29. The molecule has 138 valence electrons. The van der Waals surface area contributed by atoms with E-state index >= 15 is 0 Å². The molecule has 2 aromatic rings. The second kappa shape index (κ2) is 8.16. The van der Waals surface area contributed by atoms with Crippen molar-refractivity contribution in [3.8, 4) is 0 Å². The van der Waals surface area contributed by atoms with Crippen LogP contribution in [-0.4, -0.2) is 33.9 Å². The van der Waals surface area contributed by atoms with Crippen LogP contribution in [0.15, 0.2) is 47.7 Å². The van der Waals surface area contributed by atoms with Crippen LogP contribution < -0.4 is 5.32 Å². The average molecular weight is 363 g/mol. The quantitative estimate of drug-likeness (QED) is 0.663. The van der Waals surface area contributed by atoms with Gasteiger partial charge < -0.3 is 10.2 Å². The van der Waals surface area contributed by atoms with Crippen LogP contribution in [0.2, 0.25) is 0 Å². The van der Waals surface area contributed by atoms with Gasteiger partial charge in [0.15, 0.2) is 5.96 Å². The van der Waals surface area contributed by atoms with Crippen molar-refractivity contribution in [2.24, 2.45) is 4.99 Å². The van der Waals surface area contributed by atoms with Crippen LogP contribution in [0.3, 0.4) is 0 Å². The highest BCUT2D eigenvalue weighted by atomic mass is 19.4. The van der Waals surface area contributed by atoms with Crippen LogP contribution in [0.5, 0.6) is 0 Å². The van der Waals surface area contributed by atoms with Crippen molar-refractivity contribution >= 4 is 11.6 Å². The van der Waals surface area contributed by atoms with E-state index in [-0.39, 0.29) is 12.4 Å². The minimum Gasteiger partial charge on any atom is -0.343 e. The normalized spacial score (nSPS) is 15.8. The molecule has 0 radical (unpaired) electrons. The lowest BCUT2D eigenvalue weighted by molar-refractivity contribution is -0.138. The highest BCUT2D eigenvalue weighted by molar-refractivity contribution is 5.93. The third kappa shape index (κ3) is 4.93. The van der Waals surface area contributed by atoms with Crippen LogP contribution in [0.25, 0.3) is 0 Å². The summed E-state index contributed by atoms with van der Waals surface area (Å²) in [5.74, 6) is 0.946. The molecule has 0 aliphatic carbocycles. The van der Waals surface area contributed by atoms with Gasteiger partial charge in [-0.3, -0.25) is 0 Å². The molecule has 2 heterocycles. The van der Waals surface area contributed by atoms with E-state index in [0.717, 1.165) is 44.0 Å². The maximum absolute atomic E-state index is 12.6. The summed E-state index contributed by atoms with van der Waals surface area (Å²) in [5.41, 5.74) is 0.0501. The molecule has 5 nitrogen and oxygen atoms in total. The number of rotatable bonds is 3. The molecule has 0 bridgehead atoms. The SMILES string of the molecule is FC(F)(F)c1cnc(CN=C(Nc2ccccc2)N2CCCCC2)nc1. The van der Waals surface area contributed by atoms with Gasteiger partial charge in [-0.1, -0.05) is 18.2 Å². The van der Waals surface area contributed by atoms with Gasteiger partial charge in [-0.05, 0) is 31.4 Å². The van der Waals surface area contributed by atoms with Gasteiger partial charge in [-0.2, -0.15) is 13.2 Å². The molecule has 1 saturated heterocycles. The lowest BCUT2D eigenvalue weighted by Crippen LogP contribution is -2.40. The zero-order valence-electron chi connectivity index (χ0n) is 14.2. The molecule has 0 atom stereocenters. The number of likely N-dealkylation sites (tertiary alicyclic amines) is 1. The minimum absolute atomic E-state index is 0.115. The van der Waals surface area contributed by atoms with Crippen LogP contribution in [-0.2, 0) is 12.7 Å². The van der Waals surface area contributed by atoms with Crippen LogP contribution in [0.4, 0.5) is 18.9 Å². The standard InChI is InChI=1S/C18H20F3N5/c19-18(20,21)14-11-22-16(23-12-14)13-24-17(26-9-5-2-6-10-26)25-15-7-3-1-4-8-15/h1,3-4,7-8,11-12H,2,5-6,9-10,13H2,(H,24,25). The van der Waals surface area contributed by atoms with Gasteiger partial charge in [0.05, 0.1) is 5.56 Å². The maximum atomic E-state index is 12.6. The lowest BCUT2D eigenvalue weighted by atomic mass is 10.1. The van der Waals surface area contributed by atoms with Gasteiger partial charge >= 0.3 is 6.18 Å². The molecule has 1 aliphatic rings. The molecule has 8 heteroatoms. The summed E-state index contributed by atoms with van der Waals surface area (Å²) in [7, 11) is 0. The Balaban J connectivity index is 1.75. The number of piperidine rings is 1. The number of anilines is 1. The highest BCUT2D eigenvalue weighted by Crippen LogP contribution is 2.27. The van der Waals surface area contributed by atoms with Crippen LogP contribution >= 0.6 is 0 Å². The first kappa shape index (κ1) is 18.2. The Morgan fingerprint density at radius 1 is 1.04 bits per heavy atom. The van der Waals surface area contributed by atoms with Crippen molar-refractivity contribution < 1.29 is 13.2 Å². The molecule has 3 rings (SSSR count). The lowest BCUT2D eigenvalue weighted by Gasteiger charge is -2.30. The van der Waals surface area contributed by atoms with Crippen molar-refractivity contribution in [1.29, 1.82) is 0 Å². The molecule has 1 aromatic carbocycles. The fourth-order valence-corrected chi connectivity index (χ4v) is 2.70. The Kier molecular flexibility index (Phi) is 5.70. The van der Waals surface area contributed by atoms with E-state index in [1.807, 2.05) is 30.3 Å². The monoisotopic (exact) mass is 363 g/mol. The first-order chi connectivity index (χ1) is 12.5. The van der Waals surface area contributed by atoms with Gasteiger partial charge in [0.25, 0.3) is 0 Å². The largest absolute Gasteiger partial charge is 0.419 e. The van der Waals surface area contributed by atoms with E-state index in [1.54, 1.807) is 0 Å². The summed E-state index contributed by atoms with van der Waals surface area (Å²) < 4.78 is 37.8. The zero-order valence-corrected chi connectivity index (χ0v) is 14.2. The van der Waals surface area contributed by atoms with Gasteiger partial charge in [0.1, 0.15) is 12.4 Å². The highest BCUT2D eigenvalue weighted by Gasteiger charge is 2.31. The third-order valence-electron chi connectivity index (χ3n) is 4.09. The second-order valence-corrected chi connectivity index (χ2v) is 6.06. The smallest absolute Gasteiger partial charge is 0.343 e. The van der Waals surface area contributed by atoms with Crippen molar-refractivity contribution in [2.75, 3.05) is 18.4 Å². The molecule has 0 spiro atoms. The fraction of sp³-hybridized carbons (Fsp3) is 0.389. The Bertz CT molecular complexity index is 723. The Morgan fingerprint density at radius 3 is 2.31 bits per heavy atom. The number of alkyl halides is 3. The van der Waals surface area contributed by atoms with E-state index in [0.29, 0.717) is 5.96 Å². The van der Waals surface area contributed by atoms with E-state index in [1.165, 1.54) is 6.42 Å². The first-order valence-corrected chi connectivity index (χ1v) is 8.52. The summed E-state index contributed by atoms with van der Waals surface area (Å²) in [4.78, 5) is 14.3. The summed E-state index contributed by atoms with van der Waals surface area (Å²) in [6.07, 6.45) is 0.525. The molecule has 1 fully saturated rings. The van der Waals surface area contributed by atoms with Crippen molar-refractivity contribution in [3.05, 3.63) is 54.1 Å². The van der Waals surface area contributed by atoms with Gasteiger partial charge in [0, 0.05) is 31.2 Å². The number of aliphatic imine (C=N–C) groups is 1. The van der Waals surface area contributed by atoms with E-state index < -0.39 is 11.7 Å². The third-order valence-corrected chi connectivity index (χ3v) is 4.09. The first-order valence-electron chi connectivity index (χ1n) is 8.52. The topological polar surface area (TPSA) is 53.4 Å². The van der Waals surface area contributed by atoms with Crippen molar-refractivity contribution in [2.45, 2.75) is 32.0 Å². The number of guanidine groups is 1. The summed E-state index contributed by atoms with van der Waals surface area (Å²) in [6, 6.07) is 9.66. The summed E-state index contributed by atoms with van der Waals surface area (Å²) in [6.45, 7) is 1.91. The number of hydrogen-bond acceptors (Lipinski definition) is 3. The Morgan fingerprint density at radius 2 is 1.69 bits per heavy atom. The van der Waals surface area contributed by atoms with Gasteiger partial charge in [0.2, 0.25) is 0 Å². The Labute approximate surface area is 150 Å². The van der Waals surface area contributed by atoms with E-state index in [9.17, 15) is 13.2 Å². The molecular formula is C18H20F3N5. The predicted molar refractivity (Wildman–Crippen MR) is 93.7 cm³/mol. The molecule has 1 N–H and O–H groups in total. The number of nitrogens with one attached hydrogen (secondary N) is 1. The average Bonchev–Trinajstić information content (AvgIpc) is 2.66. The number of hydrogen-bond donors (Lipinski definition) is 1. The van der Waals surface area contributed by atoms with Crippen molar-refractivity contribution in [1.82, 2.24) is 14.9 Å². The molecule has 0 amide bonds. The van der Waals surface area contributed by atoms with Crippen LogP contribution in [0, 0.1) is 0 Å². The second-order valence-electron chi connectivity index (χ2n) is 6.06. The van der Waals surface area contributed by atoms with Crippen LogP contribution in [0.1, 0.15) is 30.7 Å². The molecule has 0 saturated carbocycles. The number of aromatic nitrogens is 2. The van der Waals surface area contributed by atoms with E-state index in [4.69, 9.17) is 0 Å². The molecule has 0 unspecified atom stereocenters. The summed E-state index contributed by atoms with van der Waals surface area (Å²) >= 11 is 0. The number of nitrogens with zero attached hydrogens (tertiary/aromatic N) is 4. The van der Waals surface area contributed by atoms with Crippen molar-refractivity contribution in [3.63, 3.8) is 0 Å². The number of benzene rings is 1. The number of para-hydroxylation sites is 1. The van der Waals surface area contributed by atoms with Gasteiger partial charge in [-0.15, -0.1) is 0 Å². The molecule has 1 aromatic heterocycles. The minimum atomic E-state index is -4.43. The maximum Gasteiger partial charge on any atom is 0.419 e. The predicted octanol–water partition coefficient (Wildman–Crippen LogP) is 3.95. The zero-order chi connectivity index (χ0) is 18.4. The Hall–Kier alpha value is -2.64. The molecule has 26 heavy (non-hydrogen) atoms. The molecule has 1 aliphatic heterocycles. The number of halogens is 3.